The van der Waals surface area contributed by atoms with Gasteiger partial charge in [0, 0.05) is 12.0 Å². The van der Waals surface area contributed by atoms with E-state index in [-0.39, 0.29) is 6.10 Å². The summed E-state index contributed by atoms with van der Waals surface area (Å²) in [6, 6.07) is 9.61. The van der Waals surface area contributed by atoms with Gasteiger partial charge in [-0.2, -0.15) is 0 Å². The molecule has 3 heteroatoms. The molecule has 0 amide bonds. The molecular weight excluding hydrogens is 252 g/mol. The van der Waals surface area contributed by atoms with Crippen molar-refractivity contribution in [2.24, 2.45) is 0 Å². The van der Waals surface area contributed by atoms with Crippen LogP contribution >= 0.6 is 0 Å². The highest BCUT2D eigenvalue weighted by Crippen LogP contribution is 2.41. The molecule has 1 aliphatic rings. The Balaban J connectivity index is 1.93. The van der Waals surface area contributed by atoms with Crippen molar-refractivity contribution in [1.29, 1.82) is 0 Å². The van der Waals surface area contributed by atoms with Gasteiger partial charge >= 0.3 is 0 Å². The van der Waals surface area contributed by atoms with Crippen LogP contribution < -0.4 is 4.74 Å². The van der Waals surface area contributed by atoms with Crippen LogP contribution in [0.15, 0.2) is 41.0 Å². The monoisotopic (exact) mass is 272 g/mol. The van der Waals surface area contributed by atoms with E-state index >= 15 is 0 Å². The smallest absolute Gasteiger partial charge is 0.119 e. The Kier molecular flexibility index (Phi) is 3.30. The van der Waals surface area contributed by atoms with Crippen molar-refractivity contribution in [2.45, 2.75) is 44.8 Å². The van der Waals surface area contributed by atoms with E-state index in [9.17, 15) is 5.11 Å². The van der Waals surface area contributed by atoms with E-state index in [1.807, 2.05) is 44.2 Å². The molecule has 1 unspecified atom stereocenters. The molecule has 1 atom stereocenters. The molecule has 0 fully saturated rings. The summed E-state index contributed by atoms with van der Waals surface area (Å²) < 4.78 is 11.1. The quantitative estimate of drug-likeness (QED) is 0.927. The number of rotatable bonds is 3. The molecule has 1 aromatic heterocycles. The highest BCUT2D eigenvalue weighted by atomic mass is 16.5. The lowest BCUT2D eigenvalue weighted by molar-refractivity contribution is 0.0589. The maximum atomic E-state index is 11.1. The van der Waals surface area contributed by atoms with E-state index in [2.05, 4.69) is 0 Å². The molecule has 1 N–H and O–H groups in total. The maximum Gasteiger partial charge on any atom is 0.119 e. The number of ether oxygens (including phenoxy) is 1. The van der Waals surface area contributed by atoms with E-state index in [1.54, 1.807) is 6.26 Å². The van der Waals surface area contributed by atoms with Crippen LogP contribution in [-0.4, -0.2) is 11.2 Å². The van der Waals surface area contributed by atoms with Gasteiger partial charge in [-0.05, 0) is 50.5 Å². The minimum Gasteiger partial charge on any atom is -0.491 e. The fourth-order valence-corrected chi connectivity index (χ4v) is 2.92. The summed E-state index contributed by atoms with van der Waals surface area (Å²) in [6.45, 7) is 4.00. The molecule has 3 nitrogen and oxygen atoms in total. The molecule has 0 saturated heterocycles. The minimum absolute atomic E-state index is 0.152. The number of hydrogen-bond acceptors (Lipinski definition) is 3. The van der Waals surface area contributed by atoms with Gasteiger partial charge in [0.2, 0.25) is 0 Å². The third-order valence-electron chi connectivity index (χ3n) is 3.84. The summed E-state index contributed by atoms with van der Waals surface area (Å²) in [7, 11) is 0. The van der Waals surface area contributed by atoms with E-state index in [1.165, 1.54) is 0 Å². The van der Waals surface area contributed by atoms with Crippen LogP contribution in [0.4, 0.5) is 0 Å². The Hall–Kier alpha value is -1.74. The highest BCUT2D eigenvalue weighted by molar-refractivity contribution is 5.41. The predicted octanol–water partition coefficient (Wildman–Crippen LogP) is 3.64. The van der Waals surface area contributed by atoms with E-state index in [4.69, 9.17) is 9.15 Å². The Morgan fingerprint density at radius 3 is 2.65 bits per heavy atom. The number of fused-ring (bicyclic) bond motifs is 1. The third-order valence-corrected chi connectivity index (χ3v) is 3.84. The molecule has 20 heavy (non-hydrogen) atoms. The van der Waals surface area contributed by atoms with Crippen molar-refractivity contribution in [3.05, 3.63) is 53.5 Å². The molecular formula is C17H20O3. The number of hydrogen-bond donors (Lipinski definition) is 1. The summed E-state index contributed by atoms with van der Waals surface area (Å²) in [5.74, 6) is 1.73. The topological polar surface area (TPSA) is 42.6 Å². The molecule has 0 spiro atoms. The largest absolute Gasteiger partial charge is 0.491 e. The van der Waals surface area contributed by atoms with E-state index < -0.39 is 5.60 Å². The normalized spacial score (nSPS) is 21.8. The van der Waals surface area contributed by atoms with Crippen LogP contribution in [0.1, 0.15) is 43.6 Å². The average molecular weight is 272 g/mol. The molecule has 0 radical (unpaired) electrons. The molecule has 0 bridgehead atoms. The Labute approximate surface area is 119 Å². The van der Waals surface area contributed by atoms with Crippen molar-refractivity contribution in [3.8, 4) is 5.75 Å². The van der Waals surface area contributed by atoms with Crippen molar-refractivity contribution in [2.75, 3.05) is 0 Å². The molecule has 1 heterocycles. The fourth-order valence-electron chi connectivity index (χ4n) is 2.92. The van der Waals surface area contributed by atoms with Crippen molar-refractivity contribution >= 4 is 0 Å². The molecule has 0 aliphatic heterocycles. The predicted molar refractivity (Wildman–Crippen MR) is 76.9 cm³/mol. The van der Waals surface area contributed by atoms with Crippen LogP contribution in [-0.2, 0) is 12.0 Å². The number of aryl methyl sites for hydroxylation is 1. The number of aliphatic hydroxyl groups is 1. The van der Waals surface area contributed by atoms with Gasteiger partial charge in [-0.3, -0.25) is 0 Å². The molecule has 0 saturated carbocycles. The zero-order valence-corrected chi connectivity index (χ0v) is 11.9. The minimum atomic E-state index is -0.934. The number of furan rings is 1. The van der Waals surface area contributed by atoms with E-state index in [0.717, 1.165) is 41.9 Å². The summed E-state index contributed by atoms with van der Waals surface area (Å²) >= 11 is 0. The van der Waals surface area contributed by atoms with Crippen LogP contribution in [0.25, 0.3) is 0 Å². The Morgan fingerprint density at radius 1 is 1.20 bits per heavy atom. The second kappa shape index (κ2) is 4.98. The second-order valence-corrected chi connectivity index (χ2v) is 5.66. The first-order valence-corrected chi connectivity index (χ1v) is 7.16. The van der Waals surface area contributed by atoms with Gasteiger partial charge in [-0.15, -0.1) is 0 Å². The van der Waals surface area contributed by atoms with Crippen LogP contribution in [0, 0.1) is 0 Å². The lowest BCUT2D eigenvalue weighted by Crippen LogP contribution is -2.30. The molecule has 3 rings (SSSR count). The van der Waals surface area contributed by atoms with Gasteiger partial charge in [0.05, 0.1) is 12.4 Å². The Morgan fingerprint density at radius 2 is 1.95 bits per heavy atom. The average Bonchev–Trinajstić information content (AvgIpc) is 2.89. The van der Waals surface area contributed by atoms with Gasteiger partial charge < -0.3 is 14.3 Å². The van der Waals surface area contributed by atoms with Gasteiger partial charge in [0.1, 0.15) is 17.1 Å². The van der Waals surface area contributed by atoms with Gasteiger partial charge in [0.25, 0.3) is 0 Å². The first-order chi connectivity index (χ1) is 9.59. The van der Waals surface area contributed by atoms with Crippen molar-refractivity contribution < 1.29 is 14.3 Å². The van der Waals surface area contributed by atoms with Crippen LogP contribution in [0.5, 0.6) is 5.75 Å². The number of benzene rings is 1. The summed E-state index contributed by atoms with van der Waals surface area (Å²) in [6.07, 6.45) is 4.38. The first kappa shape index (κ1) is 13.3. The standard InChI is InChI=1S/C17H20O3/c1-12(2)20-14-7-5-13(6-8-14)17(18)10-3-4-16-15(17)9-11-19-16/h5-9,11-12,18H,3-4,10H2,1-2H3. The lowest BCUT2D eigenvalue weighted by atomic mass is 9.78. The van der Waals surface area contributed by atoms with Gasteiger partial charge in [-0.1, -0.05) is 12.1 Å². The zero-order chi connectivity index (χ0) is 14.2. The third kappa shape index (κ3) is 2.22. The fraction of sp³-hybridized carbons (Fsp3) is 0.412. The second-order valence-electron chi connectivity index (χ2n) is 5.66. The van der Waals surface area contributed by atoms with Crippen LogP contribution in [0.3, 0.4) is 0 Å². The summed E-state index contributed by atoms with van der Waals surface area (Å²) in [5.41, 5.74) is 0.869. The van der Waals surface area contributed by atoms with Gasteiger partial charge in [0.15, 0.2) is 0 Å². The van der Waals surface area contributed by atoms with Gasteiger partial charge in [-0.25, -0.2) is 0 Å². The highest BCUT2D eigenvalue weighted by Gasteiger charge is 2.37. The lowest BCUT2D eigenvalue weighted by Gasteiger charge is -2.32. The van der Waals surface area contributed by atoms with E-state index in [0.29, 0.717) is 0 Å². The van der Waals surface area contributed by atoms with Crippen molar-refractivity contribution in [1.82, 2.24) is 0 Å². The SMILES string of the molecule is CC(C)Oc1ccc(C2(O)CCCc3occc32)cc1. The van der Waals surface area contributed by atoms with Crippen LogP contribution in [0.2, 0.25) is 0 Å². The molecule has 1 aromatic carbocycles. The molecule has 106 valence electrons. The Bertz CT molecular complexity index is 583. The first-order valence-electron chi connectivity index (χ1n) is 7.16. The maximum absolute atomic E-state index is 11.1. The zero-order valence-electron chi connectivity index (χ0n) is 11.9. The summed E-state index contributed by atoms with van der Waals surface area (Å²) in [4.78, 5) is 0. The van der Waals surface area contributed by atoms with Crippen molar-refractivity contribution in [3.63, 3.8) is 0 Å². The molecule has 1 aliphatic carbocycles. The molecule has 2 aromatic rings. The summed E-state index contributed by atoms with van der Waals surface area (Å²) in [5, 5.41) is 11.1.